The van der Waals surface area contributed by atoms with E-state index in [1.807, 2.05) is 6.07 Å². The van der Waals surface area contributed by atoms with Crippen LogP contribution in [-0.2, 0) is 9.53 Å². The van der Waals surface area contributed by atoms with E-state index in [2.05, 4.69) is 0 Å². The molecule has 0 aliphatic heterocycles. The van der Waals surface area contributed by atoms with Crippen LogP contribution in [0, 0.1) is 0 Å². The number of rotatable bonds is 4. The quantitative estimate of drug-likeness (QED) is 0.880. The number of esters is 1. The first-order chi connectivity index (χ1) is 10.5. The monoisotopic (exact) mass is 299 g/mol. The Balaban J connectivity index is 2.27. The third-order valence-electron chi connectivity index (χ3n) is 3.07. The van der Waals surface area contributed by atoms with Crippen molar-refractivity contribution in [3.05, 3.63) is 65.7 Å². The van der Waals surface area contributed by atoms with Crippen LogP contribution in [0.4, 0.5) is 0 Å². The Bertz CT molecular complexity index is 667. The van der Waals surface area contributed by atoms with Gasteiger partial charge in [0.05, 0.1) is 5.56 Å². The summed E-state index contributed by atoms with van der Waals surface area (Å²) >= 11 is 0. The lowest BCUT2D eigenvalue weighted by molar-refractivity contribution is -0.138. The van der Waals surface area contributed by atoms with E-state index >= 15 is 0 Å². The molecule has 1 amide bonds. The second-order valence-corrected chi connectivity index (χ2v) is 4.98. The Kier molecular flexibility index (Phi) is 4.78. The van der Waals surface area contributed by atoms with Crippen molar-refractivity contribution in [2.75, 3.05) is 14.1 Å². The third-order valence-corrected chi connectivity index (χ3v) is 3.07. The van der Waals surface area contributed by atoms with Gasteiger partial charge in [-0.2, -0.15) is 0 Å². The van der Waals surface area contributed by atoms with E-state index in [1.54, 1.807) is 38.4 Å². The summed E-state index contributed by atoms with van der Waals surface area (Å²) in [5, 5.41) is 9.43. The Morgan fingerprint density at radius 2 is 1.73 bits per heavy atom. The summed E-state index contributed by atoms with van der Waals surface area (Å²) in [6.07, 6.45) is -1.02. The fourth-order valence-electron chi connectivity index (χ4n) is 1.93. The standard InChI is InChI=1S/C17H17NO4/c1-18(2)16(20)15(12-7-4-3-5-8-12)22-17(21)13-9-6-10-14(19)11-13/h3-11,15,19H,1-2H3/t15-/m1/s1. The number of phenolic OH excluding ortho intramolecular Hbond substituents is 1. The van der Waals surface area contributed by atoms with E-state index in [1.165, 1.54) is 29.2 Å². The molecular weight excluding hydrogens is 282 g/mol. The van der Waals surface area contributed by atoms with Crippen LogP contribution in [0.15, 0.2) is 54.6 Å². The van der Waals surface area contributed by atoms with Crippen LogP contribution in [0.25, 0.3) is 0 Å². The zero-order valence-corrected chi connectivity index (χ0v) is 12.4. The second-order valence-electron chi connectivity index (χ2n) is 4.98. The fourth-order valence-corrected chi connectivity index (χ4v) is 1.93. The molecule has 0 aliphatic carbocycles. The number of amides is 1. The number of hydrogen-bond donors (Lipinski definition) is 1. The van der Waals surface area contributed by atoms with Crippen molar-refractivity contribution in [1.29, 1.82) is 0 Å². The molecule has 0 fully saturated rings. The summed E-state index contributed by atoms with van der Waals surface area (Å²) in [7, 11) is 3.20. The van der Waals surface area contributed by atoms with Crippen LogP contribution in [0.3, 0.4) is 0 Å². The Morgan fingerprint density at radius 3 is 2.32 bits per heavy atom. The molecule has 22 heavy (non-hydrogen) atoms. The molecule has 114 valence electrons. The van der Waals surface area contributed by atoms with Crippen molar-refractivity contribution in [2.24, 2.45) is 0 Å². The topological polar surface area (TPSA) is 66.8 Å². The van der Waals surface area contributed by atoms with Crippen molar-refractivity contribution in [3.8, 4) is 5.75 Å². The van der Waals surface area contributed by atoms with Gasteiger partial charge in [0.1, 0.15) is 5.75 Å². The molecule has 0 saturated heterocycles. The lowest BCUT2D eigenvalue weighted by atomic mass is 10.1. The summed E-state index contributed by atoms with van der Waals surface area (Å²) in [6, 6.07) is 14.6. The van der Waals surface area contributed by atoms with Gasteiger partial charge in [-0.25, -0.2) is 4.79 Å². The highest BCUT2D eigenvalue weighted by atomic mass is 16.5. The molecule has 2 aromatic rings. The highest BCUT2D eigenvalue weighted by molar-refractivity contribution is 5.93. The van der Waals surface area contributed by atoms with Gasteiger partial charge in [-0.1, -0.05) is 36.4 Å². The van der Waals surface area contributed by atoms with E-state index < -0.39 is 12.1 Å². The summed E-state index contributed by atoms with van der Waals surface area (Å²) in [5.41, 5.74) is 0.780. The molecule has 0 aromatic heterocycles. The average Bonchev–Trinajstić information content (AvgIpc) is 2.52. The van der Waals surface area contributed by atoms with Gasteiger partial charge in [0.2, 0.25) is 6.10 Å². The minimum Gasteiger partial charge on any atom is -0.508 e. The molecule has 0 bridgehead atoms. The van der Waals surface area contributed by atoms with Gasteiger partial charge in [-0.05, 0) is 18.2 Å². The van der Waals surface area contributed by atoms with E-state index in [0.29, 0.717) is 5.56 Å². The molecule has 1 N–H and O–H groups in total. The zero-order chi connectivity index (χ0) is 16.1. The molecule has 0 spiro atoms. The molecule has 0 unspecified atom stereocenters. The van der Waals surface area contributed by atoms with Gasteiger partial charge in [-0.3, -0.25) is 4.79 Å². The van der Waals surface area contributed by atoms with Crippen LogP contribution in [0.5, 0.6) is 5.75 Å². The third kappa shape index (κ3) is 3.63. The summed E-state index contributed by atoms with van der Waals surface area (Å²) in [5.74, 6) is -1.04. The van der Waals surface area contributed by atoms with Gasteiger partial charge < -0.3 is 14.7 Å². The van der Waals surface area contributed by atoms with Crippen molar-refractivity contribution in [1.82, 2.24) is 4.90 Å². The number of carbonyl (C=O) groups is 2. The van der Waals surface area contributed by atoms with Crippen molar-refractivity contribution >= 4 is 11.9 Å². The second kappa shape index (κ2) is 6.76. The average molecular weight is 299 g/mol. The maximum atomic E-state index is 12.3. The predicted octanol–water partition coefficient (Wildman–Crippen LogP) is 2.38. The Morgan fingerprint density at radius 1 is 1.05 bits per heavy atom. The summed E-state index contributed by atoms with van der Waals surface area (Å²) in [4.78, 5) is 25.8. The number of hydrogen-bond acceptors (Lipinski definition) is 4. The van der Waals surface area contributed by atoms with Gasteiger partial charge in [0.25, 0.3) is 5.91 Å². The number of benzene rings is 2. The Labute approximate surface area is 128 Å². The maximum Gasteiger partial charge on any atom is 0.339 e. The minimum absolute atomic E-state index is 0.0374. The highest BCUT2D eigenvalue weighted by Gasteiger charge is 2.27. The van der Waals surface area contributed by atoms with Crippen LogP contribution >= 0.6 is 0 Å². The molecular formula is C17H17NO4. The molecule has 0 radical (unpaired) electrons. The smallest absolute Gasteiger partial charge is 0.339 e. The normalized spacial score (nSPS) is 11.5. The number of phenols is 1. The van der Waals surface area contributed by atoms with Gasteiger partial charge in [0.15, 0.2) is 0 Å². The molecule has 5 heteroatoms. The lowest BCUT2D eigenvalue weighted by Gasteiger charge is -2.21. The number of aromatic hydroxyl groups is 1. The zero-order valence-electron chi connectivity index (χ0n) is 12.4. The predicted molar refractivity (Wildman–Crippen MR) is 81.4 cm³/mol. The van der Waals surface area contributed by atoms with Crippen molar-refractivity contribution in [3.63, 3.8) is 0 Å². The molecule has 0 heterocycles. The fraction of sp³-hybridized carbons (Fsp3) is 0.176. The molecule has 5 nitrogen and oxygen atoms in total. The SMILES string of the molecule is CN(C)C(=O)[C@H](OC(=O)c1cccc(O)c1)c1ccccc1. The minimum atomic E-state index is -1.02. The molecule has 2 aromatic carbocycles. The first-order valence-electron chi connectivity index (χ1n) is 6.75. The molecule has 1 atom stereocenters. The van der Waals surface area contributed by atoms with Crippen LogP contribution < -0.4 is 0 Å². The Hall–Kier alpha value is -2.82. The maximum absolute atomic E-state index is 12.3. The highest BCUT2D eigenvalue weighted by Crippen LogP contribution is 2.22. The number of nitrogens with zero attached hydrogens (tertiary/aromatic N) is 1. The van der Waals surface area contributed by atoms with Gasteiger partial charge in [0, 0.05) is 19.7 Å². The van der Waals surface area contributed by atoms with Crippen LogP contribution in [-0.4, -0.2) is 36.0 Å². The largest absolute Gasteiger partial charge is 0.508 e. The first kappa shape index (κ1) is 15.6. The van der Waals surface area contributed by atoms with E-state index in [-0.39, 0.29) is 17.2 Å². The summed E-state index contributed by atoms with van der Waals surface area (Å²) < 4.78 is 5.36. The van der Waals surface area contributed by atoms with Crippen LogP contribution in [0.1, 0.15) is 22.0 Å². The van der Waals surface area contributed by atoms with Gasteiger partial charge >= 0.3 is 5.97 Å². The molecule has 2 rings (SSSR count). The van der Waals surface area contributed by atoms with Crippen molar-refractivity contribution in [2.45, 2.75) is 6.10 Å². The number of ether oxygens (including phenoxy) is 1. The summed E-state index contributed by atoms with van der Waals surface area (Å²) in [6.45, 7) is 0. The molecule has 0 aliphatic rings. The van der Waals surface area contributed by atoms with E-state index in [0.717, 1.165) is 0 Å². The van der Waals surface area contributed by atoms with Gasteiger partial charge in [-0.15, -0.1) is 0 Å². The van der Waals surface area contributed by atoms with Crippen molar-refractivity contribution < 1.29 is 19.4 Å². The van der Waals surface area contributed by atoms with E-state index in [9.17, 15) is 14.7 Å². The number of carbonyl (C=O) groups excluding carboxylic acids is 2. The lowest BCUT2D eigenvalue weighted by Crippen LogP contribution is -2.31. The first-order valence-corrected chi connectivity index (χ1v) is 6.75. The number of likely N-dealkylation sites (N-methyl/N-ethyl adjacent to an activating group) is 1. The van der Waals surface area contributed by atoms with Crippen LogP contribution in [0.2, 0.25) is 0 Å². The van der Waals surface area contributed by atoms with E-state index in [4.69, 9.17) is 4.74 Å². The molecule has 0 saturated carbocycles.